The van der Waals surface area contributed by atoms with Crippen LogP contribution in [0.2, 0.25) is 0 Å². The maximum absolute atomic E-state index is 3.80. The summed E-state index contributed by atoms with van der Waals surface area (Å²) >= 11 is 3.80. The molecular weight excluding hydrogens is 202 g/mol. The van der Waals surface area contributed by atoms with E-state index in [1.807, 2.05) is 0 Å². The van der Waals surface area contributed by atoms with Gasteiger partial charge < -0.3 is 5.32 Å². The third-order valence-electron chi connectivity index (χ3n) is 3.19. The van der Waals surface area contributed by atoms with Gasteiger partial charge in [0.05, 0.1) is 0 Å². The first kappa shape index (κ1) is 8.06. The average Bonchev–Trinajstić information content (AvgIpc) is 2.06. The van der Waals surface area contributed by atoms with E-state index in [0.29, 0.717) is 0 Å². The molecule has 0 unspecified atom stereocenters. The second-order valence-electron chi connectivity index (χ2n) is 3.86. The van der Waals surface area contributed by atoms with E-state index in [1.54, 1.807) is 0 Å². The van der Waals surface area contributed by atoms with Crippen molar-refractivity contribution < 1.29 is 0 Å². The normalized spacial score (nSPS) is 45.0. The van der Waals surface area contributed by atoms with Gasteiger partial charge in [-0.3, -0.25) is 0 Å². The van der Waals surface area contributed by atoms with Crippen molar-refractivity contribution in [3.8, 4) is 0 Å². The molecule has 0 spiro atoms. The van der Waals surface area contributed by atoms with Crippen molar-refractivity contribution in [2.24, 2.45) is 11.8 Å². The molecule has 2 rings (SSSR count). The summed E-state index contributed by atoms with van der Waals surface area (Å²) in [6, 6.07) is 0. The Hall–Kier alpha value is 0.440. The fraction of sp³-hybridized carbons (Fsp3) is 1.00. The summed E-state index contributed by atoms with van der Waals surface area (Å²) in [6.45, 7) is 2.51. The van der Waals surface area contributed by atoms with E-state index < -0.39 is 0 Å². The zero-order valence-corrected chi connectivity index (χ0v) is 8.44. The van der Waals surface area contributed by atoms with Crippen molar-refractivity contribution in [2.75, 3.05) is 13.1 Å². The van der Waals surface area contributed by atoms with Crippen LogP contribution in [-0.4, -0.2) is 17.9 Å². The SMILES string of the molecule is Br[C@H]1CCC[C@@H]2CNCC[C@@H]21. The molecule has 0 aromatic carbocycles. The van der Waals surface area contributed by atoms with Crippen molar-refractivity contribution >= 4 is 15.9 Å². The van der Waals surface area contributed by atoms with Crippen LogP contribution in [0.1, 0.15) is 25.7 Å². The van der Waals surface area contributed by atoms with Gasteiger partial charge in [0.15, 0.2) is 0 Å². The molecule has 1 heterocycles. The van der Waals surface area contributed by atoms with Gasteiger partial charge >= 0.3 is 0 Å². The lowest BCUT2D eigenvalue weighted by Crippen LogP contribution is -2.42. The summed E-state index contributed by atoms with van der Waals surface area (Å²) in [4.78, 5) is 0.823. The number of hydrogen-bond donors (Lipinski definition) is 1. The van der Waals surface area contributed by atoms with Gasteiger partial charge in [-0.15, -0.1) is 0 Å². The highest BCUT2D eigenvalue weighted by molar-refractivity contribution is 9.09. The molecule has 1 aliphatic carbocycles. The average molecular weight is 218 g/mol. The molecule has 1 saturated carbocycles. The summed E-state index contributed by atoms with van der Waals surface area (Å²) in [7, 11) is 0. The van der Waals surface area contributed by atoms with E-state index in [0.717, 1.165) is 16.7 Å². The Kier molecular flexibility index (Phi) is 2.52. The Balaban J connectivity index is 1.99. The maximum Gasteiger partial charge on any atom is 0.0177 e. The summed E-state index contributed by atoms with van der Waals surface area (Å²) < 4.78 is 0. The lowest BCUT2D eigenvalue weighted by molar-refractivity contribution is 0.195. The number of rotatable bonds is 0. The zero-order chi connectivity index (χ0) is 7.68. The first-order valence-electron chi connectivity index (χ1n) is 4.72. The van der Waals surface area contributed by atoms with E-state index in [1.165, 1.54) is 38.8 Å². The number of halogens is 1. The van der Waals surface area contributed by atoms with Crippen LogP contribution in [0.25, 0.3) is 0 Å². The summed E-state index contributed by atoms with van der Waals surface area (Å²) in [6.07, 6.45) is 5.68. The van der Waals surface area contributed by atoms with Gasteiger partial charge in [-0.25, -0.2) is 0 Å². The Bertz CT molecular complexity index is 136. The molecule has 0 radical (unpaired) electrons. The fourth-order valence-electron chi connectivity index (χ4n) is 2.52. The van der Waals surface area contributed by atoms with Gasteiger partial charge in [-0.1, -0.05) is 22.4 Å². The molecule has 2 fully saturated rings. The highest BCUT2D eigenvalue weighted by atomic mass is 79.9. The van der Waals surface area contributed by atoms with Crippen LogP contribution in [0, 0.1) is 11.8 Å². The number of alkyl halides is 1. The lowest BCUT2D eigenvalue weighted by Gasteiger charge is -2.39. The minimum atomic E-state index is 0.823. The topological polar surface area (TPSA) is 12.0 Å². The smallest absolute Gasteiger partial charge is 0.0177 e. The molecule has 0 bridgehead atoms. The monoisotopic (exact) mass is 217 g/mol. The van der Waals surface area contributed by atoms with Crippen molar-refractivity contribution in [2.45, 2.75) is 30.5 Å². The highest BCUT2D eigenvalue weighted by Crippen LogP contribution is 2.37. The van der Waals surface area contributed by atoms with Crippen molar-refractivity contribution in [1.29, 1.82) is 0 Å². The van der Waals surface area contributed by atoms with E-state index in [2.05, 4.69) is 21.2 Å². The lowest BCUT2D eigenvalue weighted by atomic mass is 9.75. The van der Waals surface area contributed by atoms with Gasteiger partial charge in [-0.05, 0) is 44.2 Å². The third-order valence-corrected chi connectivity index (χ3v) is 4.32. The van der Waals surface area contributed by atoms with Crippen LogP contribution in [0.4, 0.5) is 0 Å². The van der Waals surface area contributed by atoms with E-state index in [9.17, 15) is 0 Å². The molecule has 1 N–H and O–H groups in total. The number of fused-ring (bicyclic) bond motifs is 1. The summed E-state index contributed by atoms with van der Waals surface area (Å²) in [5.74, 6) is 1.95. The van der Waals surface area contributed by atoms with Crippen LogP contribution in [0.3, 0.4) is 0 Å². The Morgan fingerprint density at radius 3 is 2.91 bits per heavy atom. The fourth-order valence-corrected chi connectivity index (χ4v) is 3.54. The van der Waals surface area contributed by atoms with Crippen molar-refractivity contribution in [3.05, 3.63) is 0 Å². The quantitative estimate of drug-likeness (QED) is 0.614. The molecule has 3 atom stereocenters. The molecule has 11 heavy (non-hydrogen) atoms. The standard InChI is InChI=1S/C9H16BrN/c10-9-3-1-2-7-6-11-5-4-8(7)9/h7-9,11H,1-6H2/t7-,8+,9+/m1/s1. The Labute approximate surface area is 77.1 Å². The number of nitrogens with one attached hydrogen (secondary N) is 1. The molecule has 1 saturated heterocycles. The molecule has 0 aromatic rings. The van der Waals surface area contributed by atoms with Gasteiger partial charge in [0, 0.05) is 4.83 Å². The Morgan fingerprint density at radius 1 is 1.18 bits per heavy atom. The number of piperidine rings is 1. The van der Waals surface area contributed by atoms with Crippen LogP contribution in [0.5, 0.6) is 0 Å². The van der Waals surface area contributed by atoms with Gasteiger partial charge in [0.2, 0.25) is 0 Å². The molecule has 1 aliphatic heterocycles. The maximum atomic E-state index is 3.80. The molecule has 1 nitrogen and oxygen atoms in total. The van der Waals surface area contributed by atoms with Crippen LogP contribution in [0.15, 0.2) is 0 Å². The van der Waals surface area contributed by atoms with Crippen LogP contribution in [-0.2, 0) is 0 Å². The van der Waals surface area contributed by atoms with Crippen LogP contribution < -0.4 is 5.32 Å². The number of hydrogen-bond acceptors (Lipinski definition) is 1. The Morgan fingerprint density at radius 2 is 2.09 bits per heavy atom. The summed E-state index contributed by atoms with van der Waals surface area (Å²) in [5.41, 5.74) is 0. The minimum Gasteiger partial charge on any atom is -0.316 e. The predicted molar refractivity (Wildman–Crippen MR) is 51.0 cm³/mol. The molecule has 2 aliphatic rings. The van der Waals surface area contributed by atoms with E-state index in [4.69, 9.17) is 0 Å². The molecular formula is C9H16BrN. The van der Waals surface area contributed by atoms with E-state index in [-0.39, 0.29) is 0 Å². The first-order chi connectivity index (χ1) is 5.38. The second kappa shape index (κ2) is 3.44. The van der Waals surface area contributed by atoms with Crippen LogP contribution >= 0.6 is 15.9 Å². The van der Waals surface area contributed by atoms with Crippen molar-refractivity contribution in [3.63, 3.8) is 0 Å². The minimum absolute atomic E-state index is 0.823. The van der Waals surface area contributed by atoms with Crippen molar-refractivity contribution in [1.82, 2.24) is 5.32 Å². The third kappa shape index (κ3) is 1.62. The summed E-state index contributed by atoms with van der Waals surface area (Å²) in [5, 5.41) is 3.48. The molecule has 0 aromatic heterocycles. The predicted octanol–water partition coefficient (Wildman–Crippen LogP) is 2.16. The van der Waals surface area contributed by atoms with Gasteiger partial charge in [-0.2, -0.15) is 0 Å². The molecule has 0 amide bonds. The molecule has 64 valence electrons. The second-order valence-corrected chi connectivity index (χ2v) is 5.04. The van der Waals surface area contributed by atoms with Gasteiger partial charge in [0.25, 0.3) is 0 Å². The largest absolute Gasteiger partial charge is 0.316 e. The molecule has 2 heteroatoms. The highest BCUT2D eigenvalue weighted by Gasteiger charge is 2.32. The zero-order valence-electron chi connectivity index (χ0n) is 6.85. The van der Waals surface area contributed by atoms with Gasteiger partial charge in [0.1, 0.15) is 0 Å². The first-order valence-corrected chi connectivity index (χ1v) is 5.64. The van der Waals surface area contributed by atoms with E-state index >= 15 is 0 Å².